The van der Waals surface area contributed by atoms with Crippen LogP contribution in [0.25, 0.3) is 0 Å². The summed E-state index contributed by atoms with van der Waals surface area (Å²) in [4.78, 5) is 26.0. The molecule has 2 fully saturated rings. The molecular weight excluding hydrogens is 278 g/mol. The maximum Gasteiger partial charge on any atom is 0.326 e. The minimum atomic E-state index is -0.841. The van der Waals surface area contributed by atoms with Gasteiger partial charge in [-0.25, -0.2) is 4.79 Å². The number of carbonyl (C=O) groups is 2. The zero-order valence-corrected chi connectivity index (χ0v) is 13.0. The Kier molecular flexibility index (Phi) is 4.19. The lowest BCUT2D eigenvalue weighted by atomic mass is 9.94. The van der Waals surface area contributed by atoms with Gasteiger partial charge in [0.2, 0.25) is 5.91 Å². The van der Waals surface area contributed by atoms with Gasteiger partial charge in [-0.2, -0.15) is 0 Å². The second-order valence-corrected chi connectivity index (χ2v) is 6.48. The van der Waals surface area contributed by atoms with E-state index in [1.54, 1.807) is 4.90 Å². The fraction of sp³-hybridized carbons (Fsp3) is 0.556. The average molecular weight is 301 g/mol. The largest absolute Gasteiger partial charge is 0.480 e. The van der Waals surface area contributed by atoms with Gasteiger partial charge in [-0.3, -0.25) is 4.79 Å². The monoisotopic (exact) mass is 301 g/mol. The van der Waals surface area contributed by atoms with Gasteiger partial charge in [0.15, 0.2) is 0 Å². The van der Waals surface area contributed by atoms with Crippen molar-refractivity contribution in [3.63, 3.8) is 0 Å². The van der Waals surface area contributed by atoms with E-state index < -0.39 is 12.0 Å². The number of aliphatic carboxylic acids is 1. The van der Waals surface area contributed by atoms with Crippen molar-refractivity contribution in [3.8, 4) is 0 Å². The SMILES string of the molecule is CCc1ccccc1CC(=O)N1CC2CCCC2C1C(=O)O. The Morgan fingerprint density at radius 3 is 2.64 bits per heavy atom. The van der Waals surface area contributed by atoms with Crippen molar-refractivity contribution in [2.75, 3.05) is 6.54 Å². The van der Waals surface area contributed by atoms with E-state index in [-0.39, 0.29) is 11.8 Å². The first-order chi connectivity index (χ1) is 10.6. The molecule has 0 aromatic heterocycles. The van der Waals surface area contributed by atoms with E-state index in [2.05, 4.69) is 6.92 Å². The summed E-state index contributed by atoms with van der Waals surface area (Å²) in [5.41, 5.74) is 2.19. The molecule has 1 amide bonds. The van der Waals surface area contributed by atoms with Crippen molar-refractivity contribution in [2.45, 2.75) is 45.1 Å². The minimum absolute atomic E-state index is 0.0392. The number of amides is 1. The van der Waals surface area contributed by atoms with Crippen LogP contribution in [0.2, 0.25) is 0 Å². The maximum atomic E-state index is 12.7. The van der Waals surface area contributed by atoms with Gasteiger partial charge in [0.1, 0.15) is 6.04 Å². The number of nitrogens with zero attached hydrogens (tertiary/aromatic N) is 1. The number of carboxylic acids is 1. The van der Waals surface area contributed by atoms with E-state index in [0.29, 0.717) is 18.9 Å². The molecule has 4 heteroatoms. The fourth-order valence-electron chi connectivity index (χ4n) is 4.22. The molecule has 22 heavy (non-hydrogen) atoms. The standard InChI is InChI=1S/C18H23NO3/c1-2-12-6-3-4-7-13(12)10-16(20)19-11-14-8-5-9-15(14)17(19)18(21)22/h3-4,6-7,14-15,17H,2,5,8-11H2,1H3,(H,21,22). The van der Waals surface area contributed by atoms with Crippen molar-refractivity contribution in [1.29, 1.82) is 0 Å². The van der Waals surface area contributed by atoms with Gasteiger partial charge in [-0.05, 0) is 42.2 Å². The molecule has 1 aromatic carbocycles. The fourth-order valence-corrected chi connectivity index (χ4v) is 4.22. The topological polar surface area (TPSA) is 57.6 Å². The van der Waals surface area contributed by atoms with Crippen molar-refractivity contribution in [3.05, 3.63) is 35.4 Å². The molecular formula is C18H23NO3. The molecule has 1 saturated heterocycles. The van der Waals surface area contributed by atoms with Crippen LogP contribution in [0.5, 0.6) is 0 Å². The van der Waals surface area contributed by atoms with E-state index >= 15 is 0 Å². The lowest BCUT2D eigenvalue weighted by Crippen LogP contribution is -2.44. The van der Waals surface area contributed by atoms with Gasteiger partial charge in [0, 0.05) is 6.54 Å². The Labute approximate surface area is 131 Å². The van der Waals surface area contributed by atoms with Crippen molar-refractivity contribution in [2.24, 2.45) is 11.8 Å². The first-order valence-corrected chi connectivity index (χ1v) is 8.21. The third kappa shape index (κ3) is 2.62. The molecule has 1 N–H and O–H groups in total. The normalized spacial score (nSPS) is 27.0. The molecule has 4 nitrogen and oxygen atoms in total. The molecule has 0 spiro atoms. The van der Waals surface area contributed by atoms with Crippen LogP contribution >= 0.6 is 0 Å². The quantitative estimate of drug-likeness (QED) is 0.929. The van der Waals surface area contributed by atoms with Gasteiger partial charge < -0.3 is 10.0 Å². The van der Waals surface area contributed by atoms with Crippen LogP contribution < -0.4 is 0 Å². The summed E-state index contributed by atoms with van der Waals surface area (Å²) in [6.07, 6.45) is 4.30. The molecule has 1 aromatic rings. The highest BCUT2D eigenvalue weighted by Crippen LogP contribution is 2.42. The summed E-state index contributed by atoms with van der Waals surface area (Å²) in [5, 5.41) is 9.55. The number of rotatable bonds is 4. The Balaban J connectivity index is 1.78. The number of carboxylic acid groups (broad SMARTS) is 1. The van der Waals surface area contributed by atoms with Crippen LogP contribution in [0.1, 0.15) is 37.3 Å². The van der Waals surface area contributed by atoms with Gasteiger partial charge in [-0.1, -0.05) is 37.6 Å². The molecule has 3 unspecified atom stereocenters. The second-order valence-electron chi connectivity index (χ2n) is 6.48. The van der Waals surface area contributed by atoms with Gasteiger partial charge in [0.25, 0.3) is 0 Å². The van der Waals surface area contributed by atoms with E-state index in [4.69, 9.17) is 0 Å². The second kappa shape index (κ2) is 6.11. The Morgan fingerprint density at radius 1 is 1.23 bits per heavy atom. The van der Waals surface area contributed by atoms with Crippen LogP contribution in [-0.4, -0.2) is 34.5 Å². The molecule has 118 valence electrons. The van der Waals surface area contributed by atoms with Gasteiger partial charge >= 0.3 is 5.97 Å². The highest BCUT2D eigenvalue weighted by Gasteiger charge is 2.49. The number of likely N-dealkylation sites (tertiary alicyclic amines) is 1. The van der Waals surface area contributed by atoms with Crippen LogP contribution in [0, 0.1) is 11.8 Å². The lowest BCUT2D eigenvalue weighted by Gasteiger charge is -2.25. The molecule has 0 bridgehead atoms. The Hall–Kier alpha value is -1.84. The first kappa shape index (κ1) is 15.1. The first-order valence-electron chi connectivity index (χ1n) is 8.21. The summed E-state index contributed by atoms with van der Waals surface area (Å²) in [6, 6.07) is 7.32. The number of carbonyl (C=O) groups excluding carboxylic acids is 1. The van der Waals surface area contributed by atoms with E-state index in [1.807, 2.05) is 24.3 Å². The molecule has 3 rings (SSSR count). The van der Waals surface area contributed by atoms with Gasteiger partial charge in [0.05, 0.1) is 6.42 Å². The van der Waals surface area contributed by atoms with E-state index in [1.165, 1.54) is 5.56 Å². The summed E-state index contributed by atoms with van der Waals surface area (Å²) >= 11 is 0. The molecule has 1 saturated carbocycles. The number of benzene rings is 1. The number of fused-ring (bicyclic) bond motifs is 1. The highest BCUT2D eigenvalue weighted by molar-refractivity contribution is 5.86. The van der Waals surface area contributed by atoms with E-state index in [0.717, 1.165) is 31.2 Å². The summed E-state index contributed by atoms with van der Waals surface area (Å²) < 4.78 is 0. The van der Waals surface area contributed by atoms with Crippen LogP contribution in [0.3, 0.4) is 0 Å². The molecule has 1 heterocycles. The lowest BCUT2D eigenvalue weighted by molar-refractivity contribution is -0.149. The van der Waals surface area contributed by atoms with Crippen LogP contribution in [-0.2, 0) is 22.4 Å². The Morgan fingerprint density at radius 2 is 1.95 bits per heavy atom. The predicted octanol–water partition coefficient (Wildman–Crippen LogP) is 2.50. The maximum absolute atomic E-state index is 12.7. The summed E-state index contributed by atoms with van der Waals surface area (Å²) in [5.74, 6) is -0.344. The van der Waals surface area contributed by atoms with Crippen LogP contribution in [0.4, 0.5) is 0 Å². The molecule has 1 aliphatic heterocycles. The van der Waals surface area contributed by atoms with Crippen molar-refractivity contribution < 1.29 is 14.7 Å². The predicted molar refractivity (Wildman–Crippen MR) is 83.5 cm³/mol. The third-order valence-corrected chi connectivity index (χ3v) is 5.30. The molecule has 1 aliphatic carbocycles. The number of aryl methyl sites for hydroxylation is 1. The van der Waals surface area contributed by atoms with Crippen molar-refractivity contribution >= 4 is 11.9 Å². The minimum Gasteiger partial charge on any atom is -0.480 e. The summed E-state index contributed by atoms with van der Waals surface area (Å²) in [6.45, 7) is 2.69. The zero-order chi connectivity index (χ0) is 15.7. The van der Waals surface area contributed by atoms with Crippen molar-refractivity contribution in [1.82, 2.24) is 4.90 Å². The average Bonchev–Trinajstić information content (AvgIpc) is 3.07. The zero-order valence-electron chi connectivity index (χ0n) is 13.0. The molecule has 3 atom stereocenters. The number of hydrogen-bond acceptors (Lipinski definition) is 2. The smallest absolute Gasteiger partial charge is 0.326 e. The molecule has 2 aliphatic rings. The Bertz CT molecular complexity index is 583. The summed E-state index contributed by atoms with van der Waals surface area (Å²) in [7, 11) is 0. The van der Waals surface area contributed by atoms with Gasteiger partial charge in [-0.15, -0.1) is 0 Å². The highest BCUT2D eigenvalue weighted by atomic mass is 16.4. The van der Waals surface area contributed by atoms with Crippen LogP contribution in [0.15, 0.2) is 24.3 Å². The third-order valence-electron chi connectivity index (χ3n) is 5.30. The van der Waals surface area contributed by atoms with E-state index in [9.17, 15) is 14.7 Å². The number of hydrogen-bond donors (Lipinski definition) is 1. The molecule has 0 radical (unpaired) electrons.